The molecule has 1 aromatic carbocycles. The maximum Gasteiger partial charge on any atom is 0.244 e. The number of carbonyl (C=O) groups is 1. The molecule has 3 heteroatoms. The predicted molar refractivity (Wildman–Crippen MR) is 62.8 cm³/mol. The highest BCUT2D eigenvalue weighted by atomic mass is 16.1. The van der Waals surface area contributed by atoms with Gasteiger partial charge in [-0.3, -0.25) is 4.79 Å². The van der Waals surface area contributed by atoms with Crippen LogP contribution in [0.2, 0.25) is 0 Å². The van der Waals surface area contributed by atoms with Gasteiger partial charge in [-0.1, -0.05) is 18.7 Å². The molecule has 3 nitrogen and oxygen atoms in total. The second-order valence-electron chi connectivity index (χ2n) is 3.71. The lowest BCUT2D eigenvalue weighted by Crippen LogP contribution is -2.14. The maximum atomic E-state index is 10.8. The molecular weight excluding hydrogens is 188 g/mol. The summed E-state index contributed by atoms with van der Waals surface area (Å²) < 4.78 is 0. The minimum atomic E-state index is -0.438. The number of nitrogens with two attached hydrogens (primary N) is 1. The molecule has 0 atom stereocenters. The van der Waals surface area contributed by atoms with Crippen LogP contribution in [0.1, 0.15) is 5.56 Å². The van der Waals surface area contributed by atoms with Crippen molar-refractivity contribution in [1.82, 2.24) is 0 Å². The van der Waals surface area contributed by atoms with Crippen LogP contribution in [0.25, 0.3) is 0 Å². The minimum absolute atomic E-state index is 0.438. The van der Waals surface area contributed by atoms with Crippen LogP contribution < -0.4 is 10.6 Å². The van der Waals surface area contributed by atoms with Gasteiger partial charge in [-0.15, -0.1) is 0 Å². The van der Waals surface area contributed by atoms with Gasteiger partial charge in [0.05, 0.1) is 0 Å². The Labute approximate surface area is 90.2 Å². The molecule has 0 aliphatic carbocycles. The number of nitrogens with zero attached hydrogens (tertiary/aromatic N) is 1. The van der Waals surface area contributed by atoms with Gasteiger partial charge < -0.3 is 10.6 Å². The topological polar surface area (TPSA) is 46.3 Å². The molecule has 0 unspecified atom stereocenters. The fraction of sp³-hybridized carbons (Fsp3) is 0.250. The van der Waals surface area contributed by atoms with Crippen molar-refractivity contribution in [2.24, 2.45) is 5.73 Å². The summed E-state index contributed by atoms with van der Waals surface area (Å²) in [7, 11) is 3.97. The summed E-state index contributed by atoms with van der Waals surface area (Å²) in [5, 5.41) is 0. The van der Waals surface area contributed by atoms with E-state index in [0.717, 1.165) is 11.3 Å². The molecule has 0 aliphatic heterocycles. The highest BCUT2D eigenvalue weighted by Crippen LogP contribution is 2.14. The first-order valence-electron chi connectivity index (χ1n) is 4.74. The first-order chi connectivity index (χ1) is 7.00. The number of benzene rings is 1. The lowest BCUT2D eigenvalue weighted by Gasteiger charge is -2.12. The third-order valence-electron chi connectivity index (χ3n) is 2.22. The van der Waals surface area contributed by atoms with Gasteiger partial charge >= 0.3 is 0 Å². The highest BCUT2D eigenvalue weighted by Gasteiger charge is 2.03. The van der Waals surface area contributed by atoms with Crippen molar-refractivity contribution >= 4 is 11.6 Å². The molecule has 0 aromatic heterocycles. The number of carbonyl (C=O) groups excluding carboxylic acids is 1. The maximum absolute atomic E-state index is 10.8. The number of rotatable bonds is 4. The number of anilines is 1. The van der Waals surface area contributed by atoms with E-state index in [2.05, 4.69) is 6.58 Å². The Morgan fingerprint density at radius 2 is 1.87 bits per heavy atom. The van der Waals surface area contributed by atoms with Crippen molar-refractivity contribution in [2.75, 3.05) is 19.0 Å². The Hall–Kier alpha value is -1.77. The van der Waals surface area contributed by atoms with E-state index >= 15 is 0 Å². The second-order valence-corrected chi connectivity index (χ2v) is 3.71. The van der Waals surface area contributed by atoms with E-state index in [9.17, 15) is 4.79 Å². The summed E-state index contributed by atoms with van der Waals surface area (Å²) in [6, 6.07) is 7.96. The molecule has 0 fully saturated rings. The average molecular weight is 204 g/mol. The summed E-state index contributed by atoms with van der Waals surface area (Å²) >= 11 is 0. The van der Waals surface area contributed by atoms with Crippen LogP contribution in [0.4, 0.5) is 5.69 Å². The second kappa shape index (κ2) is 4.64. The van der Waals surface area contributed by atoms with E-state index in [4.69, 9.17) is 5.73 Å². The molecule has 0 saturated heterocycles. The smallest absolute Gasteiger partial charge is 0.244 e. The third kappa shape index (κ3) is 3.13. The summed E-state index contributed by atoms with van der Waals surface area (Å²) in [6.07, 6.45) is 0.517. The zero-order valence-corrected chi connectivity index (χ0v) is 9.16. The van der Waals surface area contributed by atoms with Gasteiger partial charge in [0.1, 0.15) is 0 Å². The molecule has 0 aliphatic rings. The van der Waals surface area contributed by atoms with E-state index in [-0.39, 0.29) is 0 Å². The first kappa shape index (κ1) is 11.3. The predicted octanol–water partition coefficient (Wildman–Crippen LogP) is 1.34. The number of amides is 1. The van der Waals surface area contributed by atoms with Crippen molar-refractivity contribution < 1.29 is 4.79 Å². The Kier molecular flexibility index (Phi) is 3.50. The summed E-state index contributed by atoms with van der Waals surface area (Å²) in [5.74, 6) is -0.438. The number of hydrogen-bond acceptors (Lipinski definition) is 2. The van der Waals surface area contributed by atoms with E-state index in [0.29, 0.717) is 12.0 Å². The van der Waals surface area contributed by atoms with Gasteiger partial charge in [-0.2, -0.15) is 0 Å². The van der Waals surface area contributed by atoms with Gasteiger partial charge in [-0.05, 0) is 17.7 Å². The van der Waals surface area contributed by atoms with Crippen molar-refractivity contribution in [3.63, 3.8) is 0 Å². The normalized spacial score (nSPS) is 9.73. The Balaban J connectivity index is 2.73. The van der Waals surface area contributed by atoms with Crippen LogP contribution in [0.5, 0.6) is 0 Å². The lowest BCUT2D eigenvalue weighted by molar-refractivity contribution is -0.114. The SMILES string of the molecule is C=C(Cc1ccc(N(C)C)cc1)C(N)=O. The van der Waals surface area contributed by atoms with Gasteiger partial charge in [0.15, 0.2) is 0 Å². The molecule has 1 amide bonds. The fourth-order valence-electron chi connectivity index (χ4n) is 1.25. The standard InChI is InChI=1S/C12H16N2O/c1-9(12(13)15)8-10-4-6-11(7-5-10)14(2)3/h4-7H,1,8H2,2-3H3,(H2,13,15). The molecule has 0 bridgehead atoms. The Bertz CT molecular complexity index is 366. The molecule has 0 saturated carbocycles. The van der Waals surface area contributed by atoms with E-state index in [1.807, 2.05) is 43.3 Å². The Morgan fingerprint density at radius 1 is 1.33 bits per heavy atom. The van der Waals surface area contributed by atoms with Crippen molar-refractivity contribution in [3.8, 4) is 0 Å². The molecule has 1 aromatic rings. The number of hydrogen-bond donors (Lipinski definition) is 1. The summed E-state index contributed by atoms with van der Waals surface area (Å²) in [6.45, 7) is 3.62. The van der Waals surface area contributed by atoms with Gasteiger partial charge in [0.25, 0.3) is 0 Å². The molecule has 0 heterocycles. The minimum Gasteiger partial charge on any atom is -0.378 e. The van der Waals surface area contributed by atoms with E-state index < -0.39 is 5.91 Å². The molecule has 1 rings (SSSR count). The van der Waals surface area contributed by atoms with Crippen LogP contribution in [-0.4, -0.2) is 20.0 Å². The van der Waals surface area contributed by atoms with E-state index in [1.54, 1.807) is 0 Å². The molecular formula is C12H16N2O. The zero-order valence-electron chi connectivity index (χ0n) is 9.16. The monoisotopic (exact) mass is 204 g/mol. The zero-order chi connectivity index (χ0) is 11.4. The van der Waals surface area contributed by atoms with Crippen LogP contribution in [0.3, 0.4) is 0 Å². The van der Waals surface area contributed by atoms with Crippen LogP contribution >= 0.6 is 0 Å². The van der Waals surface area contributed by atoms with E-state index in [1.165, 1.54) is 0 Å². The van der Waals surface area contributed by atoms with Crippen LogP contribution in [-0.2, 0) is 11.2 Å². The average Bonchev–Trinajstić information content (AvgIpc) is 2.18. The Morgan fingerprint density at radius 3 is 2.27 bits per heavy atom. The molecule has 80 valence electrons. The van der Waals surface area contributed by atoms with Crippen molar-refractivity contribution in [3.05, 3.63) is 42.0 Å². The molecule has 2 N–H and O–H groups in total. The van der Waals surface area contributed by atoms with Gasteiger partial charge in [0, 0.05) is 31.8 Å². The largest absolute Gasteiger partial charge is 0.378 e. The summed E-state index contributed by atoms with van der Waals surface area (Å²) in [4.78, 5) is 12.8. The fourth-order valence-corrected chi connectivity index (χ4v) is 1.25. The molecule has 15 heavy (non-hydrogen) atoms. The number of primary amides is 1. The first-order valence-corrected chi connectivity index (χ1v) is 4.74. The van der Waals surface area contributed by atoms with Crippen LogP contribution in [0.15, 0.2) is 36.4 Å². The van der Waals surface area contributed by atoms with Gasteiger partial charge in [-0.25, -0.2) is 0 Å². The van der Waals surface area contributed by atoms with Gasteiger partial charge in [0.2, 0.25) is 5.91 Å². The van der Waals surface area contributed by atoms with Crippen molar-refractivity contribution in [1.29, 1.82) is 0 Å². The highest BCUT2D eigenvalue weighted by molar-refractivity contribution is 5.91. The third-order valence-corrected chi connectivity index (χ3v) is 2.22. The molecule has 0 spiro atoms. The molecule has 0 radical (unpaired) electrons. The van der Waals surface area contributed by atoms with Crippen LogP contribution in [0, 0.1) is 0 Å². The lowest BCUT2D eigenvalue weighted by atomic mass is 10.1. The quantitative estimate of drug-likeness (QED) is 0.752. The summed E-state index contributed by atoms with van der Waals surface area (Å²) in [5.41, 5.74) is 7.73. The van der Waals surface area contributed by atoms with Crippen molar-refractivity contribution in [2.45, 2.75) is 6.42 Å².